The predicted molar refractivity (Wildman–Crippen MR) is 71.8 cm³/mol. The lowest BCUT2D eigenvalue weighted by atomic mass is 10.1. The molecule has 2 rings (SSSR count). The van der Waals surface area contributed by atoms with Gasteiger partial charge in [0.15, 0.2) is 5.60 Å². The van der Waals surface area contributed by atoms with E-state index in [1.165, 1.54) is 11.8 Å². The number of aliphatic hydroxyl groups is 1. The summed E-state index contributed by atoms with van der Waals surface area (Å²) in [6, 6.07) is 5.22. The third-order valence-electron chi connectivity index (χ3n) is 3.16. The molecule has 0 bridgehead atoms. The smallest absolute Gasteiger partial charge is 0.414 e. The van der Waals surface area contributed by atoms with Crippen LogP contribution in [0, 0.1) is 0 Å². The molecule has 0 unspecified atom stereocenters. The van der Waals surface area contributed by atoms with Crippen molar-refractivity contribution in [2.75, 3.05) is 23.8 Å². The fourth-order valence-electron chi connectivity index (χ4n) is 1.82. The van der Waals surface area contributed by atoms with E-state index in [1.807, 2.05) is 0 Å². The number of anilines is 2. The van der Waals surface area contributed by atoms with Crippen LogP contribution in [0.5, 0.6) is 0 Å². The van der Waals surface area contributed by atoms with E-state index in [4.69, 9.17) is 9.84 Å². The van der Waals surface area contributed by atoms with Crippen molar-refractivity contribution in [3.63, 3.8) is 0 Å². The molecule has 1 aliphatic heterocycles. The Hall–Kier alpha value is -2.28. The number of aliphatic carboxylic acids is 1. The quantitative estimate of drug-likeness (QED) is 0.761. The van der Waals surface area contributed by atoms with Crippen LogP contribution in [0.3, 0.4) is 0 Å². The molecular formula is C13H16N2O5. The first-order valence-corrected chi connectivity index (χ1v) is 6.04. The Kier molecular flexibility index (Phi) is 3.54. The van der Waals surface area contributed by atoms with Gasteiger partial charge >= 0.3 is 12.1 Å². The van der Waals surface area contributed by atoms with Gasteiger partial charge < -0.3 is 20.3 Å². The van der Waals surface area contributed by atoms with E-state index >= 15 is 0 Å². The Morgan fingerprint density at radius 1 is 1.55 bits per heavy atom. The molecule has 3 N–H and O–H groups in total. The third kappa shape index (κ3) is 2.67. The van der Waals surface area contributed by atoms with Crippen molar-refractivity contribution in [2.45, 2.75) is 19.1 Å². The SMILES string of the molecule is CN1C(=O)OCc2cc(NC[C@@](C)(O)C(=O)O)ccc21. The van der Waals surface area contributed by atoms with E-state index in [0.29, 0.717) is 5.69 Å². The van der Waals surface area contributed by atoms with Crippen molar-refractivity contribution in [2.24, 2.45) is 0 Å². The highest BCUT2D eigenvalue weighted by Crippen LogP contribution is 2.28. The normalized spacial score (nSPS) is 16.9. The molecule has 0 saturated carbocycles. The zero-order chi connectivity index (χ0) is 14.9. The number of nitrogens with zero attached hydrogens (tertiary/aromatic N) is 1. The number of benzene rings is 1. The van der Waals surface area contributed by atoms with Gasteiger partial charge in [0.05, 0.1) is 12.2 Å². The zero-order valence-corrected chi connectivity index (χ0v) is 11.2. The second-order valence-corrected chi connectivity index (χ2v) is 4.89. The summed E-state index contributed by atoms with van der Waals surface area (Å²) in [6.07, 6.45) is -0.410. The number of amides is 1. The Morgan fingerprint density at radius 2 is 2.25 bits per heavy atom. The minimum Gasteiger partial charge on any atom is -0.479 e. The fraction of sp³-hybridized carbons (Fsp3) is 0.385. The van der Waals surface area contributed by atoms with Gasteiger partial charge in [0, 0.05) is 18.3 Å². The van der Waals surface area contributed by atoms with E-state index in [-0.39, 0.29) is 13.2 Å². The van der Waals surface area contributed by atoms with Gasteiger partial charge in [-0.15, -0.1) is 0 Å². The van der Waals surface area contributed by atoms with Crippen molar-refractivity contribution in [3.05, 3.63) is 23.8 Å². The number of carbonyl (C=O) groups excluding carboxylic acids is 1. The molecule has 1 atom stereocenters. The molecule has 0 saturated heterocycles. The number of cyclic esters (lactones) is 1. The van der Waals surface area contributed by atoms with Crippen LogP contribution in [0.2, 0.25) is 0 Å². The van der Waals surface area contributed by atoms with Crippen molar-refractivity contribution >= 4 is 23.4 Å². The summed E-state index contributed by atoms with van der Waals surface area (Å²) in [7, 11) is 1.61. The zero-order valence-electron chi connectivity index (χ0n) is 11.2. The maximum Gasteiger partial charge on any atom is 0.414 e. The van der Waals surface area contributed by atoms with Gasteiger partial charge in [0.1, 0.15) is 6.61 Å². The number of fused-ring (bicyclic) bond motifs is 1. The maximum atomic E-state index is 11.4. The summed E-state index contributed by atoms with van der Waals surface area (Å²) in [4.78, 5) is 23.6. The monoisotopic (exact) mass is 280 g/mol. The summed E-state index contributed by atoms with van der Waals surface area (Å²) >= 11 is 0. The molecule has 7 heteroatoms. The number of carbonyl (C=O) groups is 2. The van der Waals surface area contributed by atoms with Gasteiger partial charge in [-0.1, -0.05) is 0 Å². The number of ether oxygens (including phenoxy) is 1. The van der Waals surface area contributed by atoms with Gasteiger partial charge in [-0.25, -0.2) is 9.59 Å². The van der Waals surface area contributed by atoms with Gasteiger partial charge in [-0.2, -0.15) is 0 Å². The van der Waals surface area contributed by atoms with E-state index in [1.54, 1.807) is 25.2 Å². The molecule has 1 aliphatic rings. The highest BCUT2D eigenvalue weighted by Gasteiger charge is 2.29. The van der Waals surface area contributed by atoms with Crippen molar-refractivity contribution in [1.29, 1.82) is 0 Å². The third-order valence-corrected chi connectivity index (χ3v) is 3.16. The summed E-state index contributed by atoms with van der Waals surface area (Å²) < 4.78 is 4.97. The van der Waals surface area contributed by atoms with E-state index in [2.05, 4.69) is 5.32 Å². The lowest BCUT2D eigenvalue weighted by molar-refractivity contribution is -0.155. The molecule has 1 aromatic carbocycles. The summed E-state index contributed by atoms with van der Waals surface area (Å²) in [5.74, 6) is -1.29. The average molecular weight is 280 g/mol. The Labute approximate surface area is 115 Å². The van der Waals surface area contributed by atoms with Crippen LogP contribution in [0.25, 0.3) is 0 Å². The number of hydrogen-bond acceptors (Lipinski definition) is 5. The first-order valence-electron chi connectivity index (χ1n) is 6.04. The van der Waals surface area contributed by atoms with Crippen LogP contribution in [-0.4, -0.2) is 41.5 Å². The standard InChI is InChI=1S/C13H16N2O5/c1-13(19,11(16)17)7-14-9-3-4-10-8(5-9)6-20-12(18)15(10)2/h3-5,14,19H,6-7H2,1-2H3,(H,16,17)/t13-/m1/s1. The fourth-order valence-corrected chi connectivity index (χ4v) is 1.82. The van der Waals surface area contributed by atoms with E-state index in [9.17, 15) is 14.7 Å². The van der Waals surface area contributed by atoms with Gasteiger partial charge in [-0.3, -0.25) is 4.90 Å². The molecule has 0 aromatic heterocycles. The van der Waals surface area contributed by atoms with E-state index < -0.39 is 17.7 Å². The van der Waals surface area contributed by atoms with Crippen molar-refractivity contribution < 1.29 is 24.5 Å². The molecule has 108 valence electrons. The van der Waals surface area contributed by atoms with Crippen LogP contribution >= 0.6 is 0 Å². The molecule has 1 aromatic rings. The number of carboxylic acids is 1. The molecule has 7 nitrogen and oxygen atoms in total. The minimum absolute atomic E-state index is 0.128. The molecule has 20 heavy (non-hydrogen) atoms. The van der Waals surface area contributed by atoms with Crippen LogP contribution in [0.1, 0.15) is 12.5 Å². The number of hydrogen-bond donors (Lipinski definition) is 3. The minimum atomic E-state index is -1.85. The lowest BCUT2D eigenvalue weighted by Crippen LogP contribution is -2.41. The van der Waals surface area contributed by atoms with Crippen LogP contribution in [-0.2, 0) is 16.1 Å². The molecule has 0 aliphatic carbocycles. The second-order valence-electron chi connectivity index (χ2n) is 4.89. The Balaban J connectivity index is 2.13. The molecule has 0 spiro atoms. The van der Waals surface area contributed by atoms with Crippen molar-refractivity contribution in [1.82, 2.24) is 0 Å². The van der Waals surface area contributed by atoms with Gasteiger partial charge in [0.25, 0.3) is 0 Å². The summed E-state index contributed by atoms with van der Waals surface area (Å²) in [5, 5.41) is 21.3. The topological polar surface area (TPSA) is 99.1 Å². The molecule has 0 fully saturated rings. The first kappa shape index (κ1) is 14.1. The Morgan fingerprint density at radius 3 is 2.90 bits per heavy atom. The average Bonchev–Trinajstić information content (AvgIpc) is 2.40. The number of carboxylic acid groups (broad SMARTS) is 1. The highest BCUT2D eigenvalue weighted by molar-refractivity contribution is 5.90. The number of rotatable bonds is 4. The molecular weight excluding hydrogens is 264 g/mol. The second kappa shape index (κ2) is 5.01. The Bertz CT molecular complexity index is 556. The predicted octanol–water partition coefficient (Wildman–Crippen LogP) is 1.02. The summed E-state index contributed by atoms with van der Waals surface area (Å²) in [5.41, 5.74) is 0.361. The van der Waals surface area contributed by atoms with Crippen molar-refractivity contribution in [3.8, 4) is 0 Å². The van der Waals surface area contributed by atoms with Gasteiger partial charge in [0.2, 0.25) is 0 Å². The van der Waals surface area contributed by atoms with Gasteiger partial charge in [-0.05, 0) is 25.1 Å². The molecule has 0 radical (unpaired) electrons. The van der Waals surface area contributed by atoms with Crippen LogP contribution in [0.15, 0.2) is 18.2 Å². The van der Waals surface area contributed by atoms with E-state index in [0.717, 1.165) is 11.3 Å². The lowest BCUT2D eigenvalue weighted by Gasteiger charge is -2.26. The van der Waals surface area contributed by atoms with Crippen LogP contribution in [0.4, 0.5) is 16.2 Å². The molecule has 1 heterocycles. The van der Waals surface area contributed by atoms with Crippen LogP contribution < -0.4 is 10.2 Å². The highest BCUT2D eigenvalue weighted by atomic mass is 16.6. The largest absolute Gasteiger partial charge is 0.479 e. The first-order chi connectivity index (χ1) is 9.31. The maximum absolute atomic E-state index is 11.4. The molecule has 1 amide bonds. The number of nitrogens with one attached hydrogen (secondary N) is 1. The summed E-state index contributed by atoms with van der Waals surface area (Å²) in [6.45, 7) is 1.26.